The van der Waals surface area contributed by atoms with Gasteiger partial charge in [-0.15, -0.1) is 22.7 Å². The van der Waals surface area contributed by atoms with Gasteiger partial charge in [0.1, 0.15) is 5.75 Å². The Kier molecular flexibility index (Phi) is 14.6. The molecular weight excluding hydrogens is 737 g/mol. The maximum atomic E-state index is 11.7. The summed E-state index contributed by atoms with van der Waals surface area (Å²) in [4.78, 5) is 47.3. The van der Waals surface area contributed by atoms with Crippen LogP contribution in [0.2, 0.25) is 0 Å². The van der Waals surface area contributed by atoms with Crippen LogP contribution in [-0.2, 0) is 17.6 Å². The molecule has 6 heterocycles. The molecule has 0 amide bonds. The van der Waals surface area contributed by atoms with Crippen LogP contribution >= 0.6 is 22.7 Å². The Bertz CT molecular complexity index is 2310. The highest BCUT2D eigenvalue weighted by atomic mass is 32.1. The van der Waals surface area contributed by atoms with Crippen LogP contribution in [0.3, 0.4) is 0 Å². The summed E-state index contributed by atoms with van der Waals surface area (Å²) in [6.07, 6.45) is 23.8. The van der Waals surface area contributed by atoms with Crippen LogP contribution in [0.25, 0.3) is 58.5 Å². The van der Waals surface area contributed by atoms with Crippen LogP contribution in [0, 0.1) is 0 Å². The van der Waals surface area contributed by atoms with Crippen molar-refractivity contribution in [2.24, 2.45) is 0 Å². The van der Waals surface area contributed by atoms with Crippen LogP contribution in [0.15, 0.2) is 85.2 Å². The predicted molar refractivity (Wildman–Crippen MR) is 230 cm³/mol. The largest absolute Gasteiger partial charge is 0.478 e. The number of hydrogen-bond donors (Lipinski definition) is 1. The van der Waals surface area contributed by atoms with E-state index in [0.29, 0.717) is 40.6 Å². The molecule has 0 bridgehead atoms. The van der Waals surface area contributed by atoms with Crippen LogP contribution < -0.4 is 4.74 Å². The van der Waals surface area contributed by atoms with E-state index in [1.54, 1.807) is 29.7 Å². The van der Waals surface area contributed by atoms with Crippen molar-refractivity contribution in [3.8, 4) is 39.9 Å². The molecule has 0 saturated heterocycles. The molecule has 1 N–H and O–H groups in total. The van der Waals surface area contributed by atoms with Gasteiger partial charge in [-0.05, 0) is 110 Å². The van der Waals surface area contributed by atoms with Gasteiger partial charge in [-0.25, -0.2) is 14.8 Å². The molecule has 6 aromatic heterocycles. The van der Waals surface area contributed by atoms with Crippen molar-refractivity contribution in [3.05, 3.63) is 121 Å². The second kappa shape index (κ2) is 20.4. The highest BCUT2D eigenvalue weighted by Gasteiger charge is 2.15. The third-order valence-electron chi connectivity index (χ3n) is 9.21. The van der Waals surface area contributed by atoms with Gasteiger partial charge in [-0.2, -0.15) is 0 Å². The third kappa shape index (κ3) is 11.5. The number of carbonyl (C=O) groups is 2. The van der Waals surface area contributed by atoms with Gasteiger partial charge in [0, 0.05) is 44.0 Å². The van der Waals surface area contributed by atoms with E-state index in [0.717, 1.165) is 28.8 Å². The minimum Gasteiger partial charge on any atom is -0.478 e. The molecule has 0 aliphatic heterocycles. The molecule has 0 aliphatic rings. The van der Waals surface area contributed by atoms with Gasteiger partial charge in [0.05, 0.1) is 39.7 Å². The number of aryl methyl sites for hydroxylation is 2. The van der Waals surface area contributed by atoms with E-state index in [9.17, 15) is 14.7 Å². The first-order chi connectivity index (χ1) is 27.4. The van der Waals surface area contributed by atoms with E-state index in [4.69, 9.17) is 19.7 Å². The first-order valence-corrected chi connectivity index (χ1v) is 20.9. The zero-order valence-electron chi connectivity index (χ0n) is 31.8. The number of carboxylic acid groups (broad SMARTS) is 1. The van der Waals surface area contributed by atoms with Crippen molar-refractivity contribution >= 4 is 59.4 Å². The number of rotatable bonds is 20. The second-order valence-corrected chi connectivity index (χ2v) is 16.0. The molecule has 286 valence electrons. The highest BCUT2D eigenvalue weighted by Crippen LogP contribution is 2.31. The molecule has 0 aromatic carbocycles. The number of nitrogens with zero attached hydrogens (tertiary/aromatic N) is 4. The fourth-order valence-corrected chi connectivity index (χ4v) is 8.16. The van der Waals surface area contributed by atoms with Crippen LogP contribution in [0.5, 0.6) is 5.75 Å². The highest BCUT2D eigenvalue weighted by molar-refractivity contribution is 7.13. The first kappa shape index (κ1) is 40.1. The molecule has 6 aromatic rings. The molecule has 8 nitrogen and oxygen atoms in total. The quantitative estimate of drug-likeness (QED) is 0.0601. The molecule has 6 rings (SSSR count). The number of aromatic carboxylic acids is 1. The summed E-state index contributed by atoms with van der Waals surface area (Å²) in [7, 11) is 0. The number of carbonyl (C=O) groups excluding carboxylic acids is 1. The number of thiophene rings is 2. The van der Waals surface area contributed by atoms with Crippen molar-refractivity contribution < 1.29 is 19.4 Å². The molecular formula is C46H46N4O4S2. The summed E-state index contributed by atoms with van der Waals surface area (Å²) in [5, 5.41) is 9.60. The van der Waals surface area contributed by atoms with Gasteiger partial charge in [-0.1, -0.05) is 64.5 Å². The summed E-state index contributed by atoms with van der Waals surface area (Å²) in [6, 6.07) is 22.7. The normalized spacial score (nSPS) is 11.5. The van der Waals surface area contributed by atoms with Gasteiger partial charge in [0.2, 0.25) is 0 Å². The average Bonchev–Trinajstić information content (AvgIpc) is 3.89. The lowest BCUT2D eigenvalue weighted by molar-refractivity contribution is -0.120. The van der Waals surface area contributed by atoms with E-state index >= 15 is 0 Å². The maximum Gasteiger partial charge on any atom is 0.335 e. The fraction of sp³-hybridized carbons (Fsp3) is 0.261. The van der Waals surface area contributed by atoms with Crippen LogP contribution in [-0.4, -0.2) is 37.5 Å². The number of ether oxygens (including phenoxy) is 1. The monoisotopic (exact) mass is 782 g/mol. The van der Waals surface area contributed by atoms with E-state index in [2.05, 4.69) is 67.4 Å². The maximum absolute atomic E-state index is 11.7. The standard InChI is InChI=1S/C46H46N4O4S2/c1-3-5-7-9-11-36-17-19-38(55-36)15-13-32-21-23-47-40(25-32)42-26-33(14-16-39-20-18-37(56-39)12-10-8-6-4-2)27-43(49-42)45-30-35(54-31-51)29-44(50-45)41-28-34(46(52)53)22-24-48-41/h13-31H,3-12H2,1-2H3,(H,52,53)/b15-13+,16-14+. The lowest BCUT2D eigenvalue weighted by Gasteiger charge is -2.11. The number of hydrogen-bond acceptors (Lipinski definition) is 9. The lowest BCUT2D eigenvalue weighted by Crippen LogP contribution is -2.00. The summed E-state index contributed by atoms with van der Waals surface area (Å²) in [5.74, 6) is -0.864. The third-order valence-corrected chi connectivity index (χ3v) is 11.4. The Hall–Kier alpha value is -5.58. The van der Waals surface area contributed by atoms with Gasteiger partial charge < -0.3 is 9.84 Å². The van der Waals surface area contributed by atoms with Gasteiger partial charge in [0.15, 0.2) is 0 Å². The zero-order chi connectivity index (χ0) is 39.1. The van der Waals surface area contributed by atoms with E-state index < -0.39 is 5.97 Å². The molecule has 56 heavy (non-hydrogen) atoms. The van der Waals surface area contributed by atoms with Crippen molar-refractivity contribution in [2.75, 3.05) is 0 Å². The molecule has 0 saturated carbocycles. The van der Waals surface area contributed by atoms with Crippen LogP contribution in [0.1, 0.15) is 106 Å². The summed E-state index contributed by atoms with van der Waals surface area (Å²) < 4.78 is 5.29. The van der Waals surface area contributed by atoms with E-state index in [1.807, 2.05) is 35.6 Å². The second-order valence-electron chi connectivity index (χ2n) is 13.6. The van der Waals surface area contributed by atoms with Gasteiger partial charge in [-0.3, -0.25) is 14.8 Å². The number of aromatic nitrogens is 4. The zero-order valence-corrected chi connectivity index (χ0v) is 33.5. The van der Waals surface area contributed by atoms with Crippen LogP contribution in [0.4, 0.5) is 0 Å². The Morgan fingerprint density at radius 3 is 1.71 bits per heavy atom. The smallest absolute Gasteiger partial charge is 0.335 e. The molecule has 0 aliphatic carbocycles. The number of pyridine rings is 4. The fourth-order valence-electron chi connectivity index (χ4n) is 6.24. The molecule has 0 spiro atoms. The van der Waals surface area contributed by atoms with Crippen molar-refractivity contribution in [1.29, 1.82) is 0 Å². The molecule has 0 fully saturated rings. The van der Waals surface area contributed by atoms with E-state index in [1.165, 1.54) is 84.3 Å². The Morgan fingerprint density at radius 1 is 0.607 bits per heavy atom. The molecule has 0 radical (unpaired) electrons. The van der Waals surface area contributed by atoms with Crippen molar-refractivity contribution in [2.45, 2.75) is 78.1 Å². The molecule has 0 unspecified atom stereocenters. The molecule has 10 heteroatoms. The van der Waals surface area contributed by atoms with Gasteiger partial charge in [0.25, 0.3) is 6.47 Å². The summed E-state index contributed by atoms with van der Waals surface area (Å²) in [6.45, 7) is 4.81. The lowest BCUT2D eigenvalue weighted by atomic mass is 10.1. The summed E-state index contributed by atoms with van der Waals surface area (Å²) >= 11 is 3.64. The van der Waals surface area contributed by atoms with E-state index in [-0.39, 0.29) is 11.3 Å². The Balaban J connectivity index is 1.35. The number of unbranched alkanes of at least 4 members (excludes halogenated alkanes) is 6. The van der Waals surface area contributed by atoms with Crippen molar-refractivity contribution in [1.82, 2.24) is 19.9 Å². The van der Waals surface area contributed by atoms with Crippen molar-refractivity contribution in [3.63, 3.8) is 0 Å². The summed E-state index contributed by atoms with van der Waals surface area (Å²) in [5.41, 5.74) is 4.85. The first-order valence-electron chi connectivity index (χ1n) is 19.2. The topological polar surface area (TPSA) is 115 Å². The predicted octanol–water partition coefficient (Wildman–Crippen LogP) is 12.2. The minimum atomic E-state index is -1.09. The average molecular weight is 783 g/mol. The number of carboxylic acids is 1. The Labute approximate surface area is 336 Å². The molecule has 0 atom stereocenters. The SMILES string of the molecule is CCCCCCc1ccc(/C=C/c2ccnc(-c3cc(/C=C/c4ccc(CCCCCC)s4)cc(-c4cc(OC=O)cc(-c5cc(C(=O)O)ccn5)n4)n3)c2)s1. The Morgan fingerprint density at radius 2 is 1.12 bits per heavy atom. The minimum absolute atomic E-state index is 0.0623. The van der Waals surface area contributed by atoms with Gasteiger partial charge >= 0.3 is 5.97 Å².